The second-order valence-corrected chi connectivity index (χ2v) is 7.54. The average molecular weight is 453 g/mol. The van der Waals surface area contributed by atoms with Gasteiger partial charge in [-0.3, -0.25) is 14.4 Å². The normalized spacial score (nSPS) is 15.5. The monoisotopic (exact) mass is 452 g/mol. The van der Waals surface area contributed by atoms with E-state index in [0.29, 0.717) is 37.6 Å². The van der Waals surface area contributed by atoms with Crippen LogP contribution in [0.2, 0.25) is 0 Å². The summed E-state index contributed by atoms with van der Waals surface area (Å²) in [6, 6.07) is 3.42. The molecule has 0 radical (unpaired) electrons. The Morgan fingerprint density at radius 3 is 2.75 bits per heavy atom. The van der Waals surface area contributed by atoms with E-state index in [1.54, 1.807) is 16.8 Å². The number of ether oxygens (including phenoxy) is 1. The number of halogens is 1. The van der Waals surface area contributed by atoms with Crippen LogP contribution in [0.3, 0.4) is 0 Å². The van der Waals surface area contributed by atoms with Gasteiger partial charge in [-0.25, -0.2) is 4.79 Å². The van der Waals surface area contributed by atoms with Gasteiger partial charge in [0.05, 0.1) is 23.8 Å². The molecule has 1 saturated heterocycles. The highest BCUT2D eigenvalue weighted by molar-refractivity contribution is 9.10. The lowest BCUT2D eigenvalue weighted by Crippen LogP contribution is -2.36. The van der Waals surface area contributed by atoms with Crippen molar-refractivity contribution in [2.24, 2.45) is 0 Å². The molecule has 0 unspecified atom stereocenters. The maximum absolute atomic E-state index is 13.1. The molecule has 0 aromatic carbocycles. The smallest absolute Gasteiger partial charge is 0.373 e. The van der Waals surface area contributed by atoms with Crippen LogP contribution in [0.4, 0.5) is 0 Å². The first-order valence-corrected chi connectivity index (χ1v) is 10.2. The van der Waals surface area contributed by atoms with Gasteiger partial charge in [0.2, 0.25) is 5.76 Å². The van der Waals surface area contributed by atoms with Crippen LogP contribution in [-0.4, -0.2) is 64.7 Å². The molecule has 152 valence electrons. The van der Waals surface area contributed by atoms with Crippen molar-refractivity contribution in [3.05, 3.63) is 39.5 Å². The predicted octanol–water partition coefficient (Wildman–Crippen LogP) is 2.70. The third-order valence-corrected chi connectivity index (χ3v) is 5.81. The van der Waals surface area contributed by atoms with Gasteiger partial charge in [0.15, 0.2) is 0 Å². The zero-order valence-corrected chi connectivity index (χ0v) is 18.0. The molecule has 0 N–H and O–H groups in total. The van der Waals surface area contributed by atoms with Crippen molar-refractivity contribution in [3.8, 4) is 0 Å². The number of rotatable bonds is 5. The van der Waals surface area contributed by atoms with Gasteiger partial charge in [-0.05, 0) is 48.3 Å². The minimum Gasteiger partial charge on any atom is -0.463 e. The topological polar surface area (TPSA) is 80.8 Å². The molecule has 1 fully saturated rings. The summed E-state index contributed by atoms with van der Waals surface area (Å²) in [4.78, 5) is 28.7. The van der Waals surface area contributed by atoms with Crippen LogP contribution in [0.15, 0.2) is 21.0 Å². The van der Waals surface area contributed by atoms with Crippen LogP contribution >= 0.6 is 15.9 Å². The molecule has 9 heteroatoms. The number of esters is 1. The van der Waals surface area contributed by atoms with Crippen molar-refractivity contribution in [2.45, 2.75) is 33.4 Å². The van der Waals surface area contributed by atoms with E-state index in [1.807, 2.05) is 18.7 Å². The number of carbonyl (C=O) groups is 2. The van der Waals surface area contributed by atoms with Gasteiger partial charge in [-0.1, -0.05) is 0 Å². The third-order valence-electron chi connectivity index (χ3n) is 4.86. The number of hydrogen-bond acceptors (Lipinski definition) is 6. The van der Waals surface area contributed by atoms with E-state index in [2.05, 4.69) is 30.7 Å². The van der Waals surface area contributed by atoms with Gasteiger partial charge in [-0.15, -0.1) is 0 Å². The molecule has 0 spiro atoms. The van der Waals surface area contributed by atoms with E-state index in [1.165, 1.54) is 7.11 Å². The van der Waals surface area contributed by atoms with Crippen LogP contribution in [0, 0.1) is 6.92 Å². The summed E-state index contributed by atoms with van der Waals surface area (Å²) in [5.41, 5.74) is 1.43. The highest BCUT2D eigenvalue weighted by Gasteiger charge is 2.26. The highest BCUT2D eigenvalue weighted by Crippen LogP contribution is 2.23. The van der Waals surface area contributed by atoms with Gasteiger partial charge in [0.25, 0.3) is 5.91 Å². The summed E-state index contributed by atoms with van der Waals surface area (Å²) < 4.78 is 12.7. The first-order valence-electron chi connectivity index (χ1n) is 9.36. The van der Waals surface area contributed by atoms with Crippen molar-refractivity contribution in [1.82, 2.24) is 19.6 Å². The zero-order valence-electron chi connectivity index (χ0n) is 16.4. The number of aryl methyl sites for hydroxylation is 2. The summed E-state index contributed by atoms with van der Waals surface area (Å²) in [6.45, 7) is 8.02. The molecule has 0 saturated carbocycles. The number of methoxy groups -OCH3 is 1. The van der Waals surface area contributed by atoms with E-state index < -0.39 is 5.97 Å². The predicted molar refractivity (Wildman–Crippen MR) is 106 cm³/mol. The number of amides is 1. The number of nitrogens with zero attached hydrogens (tertiary/aromatic N) is 4. The Labute approximate surface area is 172 Å². The van der Waals surface area contributed by atoms with Crippen LogP contribution in [0.25, 0.3) is 0 Å². The fourth-order valence-corrected chi connectivity index (χ4v) is 3.82. The summed E-state index contributed by atoms with van der Waals surface area (Å²) in [6.07, 6.45) is 0.868. The maximum atomic E-state index is 13.1. The van der Waals surface area contributed by atoms with Gasteiger partial charge < -0.3 is 14.1 Å². The Hall–Kier alpha value is -2.13. The van der Waals surface area contributed by atoms with E-state index in [0.717, 1.165) is 29.7 Å². The lowest BCUT2D eigenvalue weighted by atomic mass is 10.3. The Kier molecular flexibility index (Phi) is 6.56. The molecular weight excluding hydrogens is 428 g/mol. The molecule has 1 aliphatic rings. The van der Waals surface area contributed by atoms with Crippen LogP contribution in [-0.2, 0) is 17.8 Å². The molecule has 3 rings (SSSR count). The molecule has 1 aliphatic heterocycles. The number of furan rings is 1. The lowest BCUT2D eigenvalue weighted by molar-refractivity contribution is 0.0560. The minimum atomic E-state index is -0.479. The van der Waals surface area contributed by atoms with Crippen LogP contribution in [0.1, 0.15) is 45.8 Å². The standard InChI is InChI=1S/C19H25BrN4O4/c1-4-24-17(16(20)13(2)21-24)18(25)23-9-5-8-22(10-11-23)12-14-6-7-15(28-14)19(26)27-3/h6-7H,4-5,8-12H2,1-3H3. The molecule has 3 heterocycles. The largest absolute Gasteiger partial charge is 0.463 e. The zero-order chi connectivity index (χ0) is 20.3. The SMILES string of the molecule is CCn1nc(C)c(Br)c1C(=O)N1CCCN(Cc2ccc(C(=O)OC)o2)CC1. The molecule has 2 aromatic heterocycles. The first kappa shape index (κ1) is 20.6. The van der Waals surface area contributed by atoms with Crippen molar-refractivity contribution < 1.29 is 18.7 Å². The molecule has 2 aromatic rings. The van der Waals surface area contributed by atoms with Crippen LogP contribution in [0.5, 0.6) is 0 Å². The van der Waals surface area contributed by atoms with E-state index in [-0.39, 0.29) is 11.7 Å². The number of hydrogen-bond donors (Lipinski definition) is 0. The molecule has 0 aliphatic carbocycles. The maximum Gasteiger partial charge on any atom is 0.373 e. The summed E-state index contributed by atoms with van der Waals surface area (Å²) in [5.74, 6) is 0.439. The molecule has 1 amide bonds. The summed E-state index contributed by atoms with van der Waals surface area (Å²) in [7, 11) is 1.33. The highest BCUT2D eigenvalue weighted by atomic mass is 79.9. The number of aromatic nitrogens is 2. The third kappa shape index (κ3) is 4.30. The second kappa shape index (κ2) is 8.91. The van der Waals surface area contributed by atoms with Crippen molar-refractivity contribution in [3.63, 3.8) is 0 Å². The summed E-state index contributed by atoms with van der Waals surface area (Å²) >= 11 is 3.51. The fraction of sp³-hybridized carbons (Fsp3) is 0.526. The van der Waals surface area contributed by atoms with Gasteiger partial charge in [0.1, 0.15) is 11.5 Å². The second-order valence-electron chi connectivity index (χ2n) is 6.74. The van der Waals surface area contributed by atoms with Gasteiger partial charge >= 0.3 is 5.97 Å². The molecule has 8 nitrogen and oxygen atoms in total. The van der Waals surface area contributed by atoms with E-state index in [4.69, 9.17) is 4.42 Å². The van der Waals surface area contributed by atoms with Crippen molar-refractivity contribution in [1.29, 1.82) is 0 Å². The Bertz CT molecular complexity index is 860. The summed E-state index contributed by atoms with van der Waals surface area (Å²) in [5, 5.41) is 4.42. The Morgan fingerprint density at radius 1 is 1.25 bits per heavy atom. The molecular formula is C19H25BrN4O4. The Balaban J connectivity index is 1.64. The van der Waals surface area contributed by atoms with Gasteiger partial charge in [0, 0.05) is 32.7 Å². The quantitative estimate of drug-likeness (QED) is 0.648. The Morgan fingerprint density at radius 2 is 2.04 bits per heavy atom. The number of carbonyl (C=O) groups excluding carboxylic acids is 2. The van der Waals surface area contributed by atoms with E-state index in [9.17, 15) is 9.59 Å². The molecule has 0 bridgehead atoms. The van der Waals surface area contributed by atoms with Gasteiger partial charge in [-0.2, -0.15) is 5.10 Å². The van der Waals surface area contributed by atoms with Crippen molar-refractivity contribution in [2.75, 3.05) is 33.3 Å². The lowest BCUT2D eigenvalue weighted by Gasteiger charge is -2.22. The first-order chi connectivity index (χ1) is 13.4. The average Bonchev–Trinajstić information content (AvgIpc) is 3.18. The van der Waals surface area contributed by atoms with Crippen molar-refractivity contribution >= 4 is 27.8 Å². The fourth-order valence-electron chi connectivity index (χ4n) is 3.37. The van der Waals surface area contributed by atoms with Crippen LogP contribution < -0.4 is 0 Å². The minimum absolute atomic E-state index is 0.00199. The van der Waals surface area contributed by atoms with E-state index >= 15 is 0 Å². The molecule has 28 heavy (non-hydrogen) atoms. The molecule has 0 atom stereocenters.